The summed E-state index contributed by atoms with van der Waals surface area (Å²) >= 11 is 1.54. The van der Waals surface area contributed by atoms with Crippen LogP contribution in [-0.4, -0.2) is 23.9 Å². The zero-order valence-electron chi connectivity index (χ0n) is 9.79. The van der Waals surface area contributed by atoms with Crippen molar-refractivity contribution in [3.63, 3.8) is 0 Å². The summed E-state index contributed by atoms with van der Waals surface area (Å²) in [5.74, 6) is 0.866. The molecule has 0 aliphatic carbocycles. The Morgan fingerprint density at radius 3 is 2.94 bits per heavy atom. The van der Waals surface area contributed by atoms with Crippen LogP contribution < -0.4 is 10.6 Å². The standard InChI is InChI=1S/C11H18N4S/c1-7-4-3-5-15(6-7)11-14-8(2)9(16-11)10(12)13/h7H,3-6H2,1-2H3,(H3,12,13). The molecular weight excluding hydrogens is 220 g/mol. The first kappa shape index (κ1) is 11.4. The molecule has 1 saturated heterocycles. The molecule has 1 fully saturated rings. The van der Waals surface area contributed by atoms with E-state index in [1.54, 1.807) is 11.3 Å². The number of aromatic nitrogens is 1. The van der Waals surface area contributed by atoms with Crippen molar-refractivity contribution in [3.05, 3.63) is 10.6 Å². The highest BCUT2D eigenvalue weighted by molar-refractivity contribution is 7.17. The molecule has 0 spiro atoms. The second-order valence-corrected chi connectivity index (χ2v) is 5.50. The quantitative estimate of drug-likeness (QED) is 0.611. The van der Waals surface area contributed by atoms with Crippen molar-refractivity contribution in [2.45, 2.75) is 26.7 Å². The predicted molar refractivity (Wildman–Crippen MR) is 68.5 cm³/mol. The minimum atomic E-state index is 0.131. The van der Waals surface area contributed by atoms with Gasteiger partial charge in [-0.05, 0) is 25.7 Å². The van der Waals surface area contributed by atoms with E-state index in [0.29, 0.717) is 0 Å². The maximum absolute atomic E-state index is 7.47. The van der Waals surface area contributed by atoms with Crippen molar-refractivity contribution in [1.29, 1.82) is 5.41 Å². The molecule has 0 amide bonds. The number of anilines is 1. The van der Waals surface area contributed by atoms with Crippen LogP contribution in [-0.2, 0) is 0 Å². The van der Waals surface area contributed by atoms with E-state index in [-0.39, 0.29) is 5.84 Å². The summed E-state index contributed by atoms with van der Waals surface area (Å²) in [7, 11) is 0. The van der Waals surface area contributed by atoms with Gasteiger partial charge in [-0.2, -0.15) is 0 Å². The fourth-order valence-electron chi connectivity index (χ4n) is 2.13. The summed E-state index contributed by atoms with van der Waals surface area (Å²) in [6, 6.07) is 0. The fraction of sp³-hybridized carbons (Fsp3) is 0.636. The summed E-state index contributed by atoms with van der Waals surface area (Å²) < 4.78 is 0. The summed E-state index contributed by atoms with van der Waals surface area (Å²) in [6.45, 7) is 6.35. The Morgan fingerprint density at radius 2 is 2.38 bits per heavy atom. The molecule has 4 nitrogen and oxygen atoms in total. The van der Waals surface area contributed by atoms with E-state index in [1.807, 2.05) is 6.92 Å². The van der Waals surface area contributed by atoms with Gasteiger partial charge in [0, 0.05) is 13.1 Å². The van der Waals surface area contributed by atoms with Crippen molar-refractivity contribution >= 4 is 22.3 Å². The van der Waals surface area contributed by atoms with Crippen molar-refractivity contribution in [1.82, 2.24) is 4.98 Å². The lowest BCUT2D eigenvalue weighted by atomic mass is 10.0. The van der Waals surface area contributed by atoms with E-state index >= 15 is 0 Å². The van der Waals surface area contributed by atoms with E-state index in [1.165, 1.54) is 12.8 Å². The topological polar surface area (TPSA) is 66.0 Å². The molecule has 2 rings (SSSR count). The minimum absolute atomic E-state index is 0.131. The number of nitrogens with two attached hydrogens (primary N) is 1. The van der Waals surface area contributed by atoms with Gasteiger partial charge in [-0.1, -0.05) is 18.3 Å². The Bertz CT molecular complexity index is 399. The van der Waals surface area contributed by atoms with Crippen LogP contribution in [0.5, 0.6) is 0 Å². The Balaban J connectivity index is 2.20. The smallest absolute Gasteiger partial charge is 0.186 e. The number of thiazole rings is 1. The van der Waals surface area contributed by atoms with Crippen LogP contribution in [0.2, 0.25) is 0 Å². The number of aryl methyl sites for hydroxylation is 1. The molecule has 1 aromatic heterocycles. The normalized spacial score (nSPS) is 21.1. The highest BCUT2D eigenvalue weighted by Gasteiger charge is 2.20. The van der Waals surface area contributed by atoms with Gasteiger partial charge in [-0.15, -0.1) is 0 Å². The average molecular weight is 238 g/mol. The molecule has 88 valence electrons. The molecule has 1 atom stereocenters. The number of hydrogen-bond acceptors (Lipinski definition) is 4. The minimum Gasteiger partial charge on any atom is -0.383 e. The molecule has 1 aliphatic rings. The predicted octanol–water partition coefficient (Wildman–Crippen LogP) is 1.97. The lowest BCUT2D eigenvalue weighted by molar-refractivity contribution is 0.446. The fourth-order valence-corrected chi connectivity index (χ4v) is 3.09. The van der Waals surface area contributed by atoms with E-state index in [0.717, 1.165) is 34.7 Å². The van der Waals surface area contributed by atoms with Gasteiger partial charge in [-0.25, -0.2) is 4.98 Å². The summed E-state index contributed by atoms with van der Waals surface area (Å²) in [5, 5.41) is 8.50. The van der Waals surface area contributed by atoms with E-state index in [9.17, 15) is 0 Å². The first-order valence-corrected chi connectivity index (χ1v) is 6.46. The maximum Gasteiger partial charge on any atom is 0.186 e. The molecule has 1 aromatic rings. The molecule has 1 unspecified atom stereocenters. The third-order valence-corrected chi connectivity index (χ3v) is 4.21. The number of nitrogen functional groups attached to an aromatic ring is 1. The van der Waals surface area contributed by atoms with Crippen LogP contribution in [0.25, 0.3) is 0 Å². The van der Waals surface area contributed by atoms with Crippen LogP contribution in [0.1, 0.15) is 30.3 Å². The van der Waals surface area contributed by atoms with Crippen LogP contribution in [0.15, 0.2) is 0 Å². The lowest BCUT2D eigenvalue weighted by Gasteiger charge is -2.30. The second-order valence-electron chi connectivity index (χ2n) is 4.52. The molecule has 0 aromatic carbocycles. The van der Waals surface area contributed by atoms with Crippen molar-refractivity contribution in [2.75, 3.05) is 18.0 Å². The SMILES string of the molecule is Cc1nc(N2CCCC(C)C2)sc1C(=N)N. The van der Waals surface area contributed by atoms with Crippen molar-refractivity contribution in [2.24, 2.45) is 11.7 Å². The third-order valence-electron chi connectivity index (χ3n) is 2.96. The summed E-state index contributed by atoms with van der Waals surface area (Å²) in [5.41, 5.74) is 6.40. The van der Waals surface area contributed by atoms with Crippen LogP contribution in [0.4, 0.5) is 5.13 Å². The number of hydrogen-bond donors (Lipinski definition) is 2. The zero-order valence-corrected chi connectivity index (χ0v) is 10.6. The Hall–Kier alpha value is -1.10. The largest absolute Gasteiger partial charge is 0.383 e. The third kappa shape index (κ3) is 2.19. The van der Waals surface area contributed by atoms with Gasteiger partial charge in [-0.3, -0.25) is 5.41 Å². The zero-order chi connectivity index (χ0) is 11.7. The van der Waals surface area contributed by atoms with Crippen LogP contribution in [0, 0.1) is 18.3 Å². The Morgan fingerprint density at radius 1 is 1.62 bits per heavy atom. The Labute approximate surface area is 100.0 Å². The number of piperidine rings is 1. The maximum atomic E-state index is 7.47. The van der Waals surface area contributed by atoms with Gasteiger partial charge < -0.3 is 10.6 Å². The molecule has 2 heterocycles. The number of nitrogens with one attached hydrogen (secondary N) is 1. The van der Waals surface area contributed by atoms with Crippen molar-refractivity contribution < 1.29 is 0 Å². The monoisotopic (exact) mass is 238 g/mol. The average Bonchev–Trinajstić information content (AvgIpc) is 2.60. The van der Waals surface area contributed by atoms with Crippen LogP contribution in [0.3, 0.4) is 0 Å². The van der Waals surface area contributed by atoms with Gasteiger partial charge in [0.25, 0.3) is 0 Å². The van der Waals surface area contributed by atoms with Gasteiger partial charge in [0.1, 0.15) is 5.84 Å². The van der Waals surface area contributed by atoms with Crippen LogP contribution >= 0.6 is 11.3 Å². The first-order valence-electron chi connectivity index (χ1n) is 5.64. The number of amidine groups is 1. The summed E-state index contributed by atoms with van der Waals surface area (Å²) in [6.07, 6.45) is 2.54. The molecule has 0 radical (unpaired) electrons. The molecule has 0 bridgehead atoms. The van der Waals surface area contributed by atoms with Gasteiger partial charge in [0.2, 0.25) is 0 Å². The molecule has 3 N–H and O–H groups in total. The highest BCUT2D eigenvalue weighted by atomic mass is 32.1. The number of rotatable bonds is 2. The molecule has 5 heteroatoms. The molecule has 0 saturated carbocycles. The van der Waals surface area contributed by atoms with Gasteiger partial charge >= 0.3 is 0 Å². The van der Waals surface area contributed by atoms with E-state index < -0.39 is 0 Å². The number of nitrogens with zero attached hydrogens (tertiary/aromatic N) is 2. The van der Waals surface area contributed by atoms with Crippen molar-refractivity contribution in [3.8, 4) is 0 Å². The van der Waals surface area contributed by atoms with E-state index in [2.05, 4.69) is 16.8 Å². The van der Waals surface area contributed by atoms with E-state index in [4.69, 9.17) is 11.1 Å². The Kier molecular flexibility index (Phi) is 3.14. The first-order chi connectivity index (χ1) is 7.58. The summed E-state index contributed by atoms with van der Waals surface area (Å²) in [4.78, 5) is 7.64. The van der Waals surface area contributed by atoms with Gasteiger partial charge in [0.15, 0.2) is 5.13 Å². The van der Waals surface area contributed by atoms with Gasteiger partial charge in [0.05, 0.1) is 10.6 Å². The molecular formula is C11H18N4S. The second kappa shape index (κ2) is 4.41. The molecule has 16 heavy (non-hydrogen) atoms. The molecule has 1 aliphatic heterocycles. The lowest BCUT2D eigenvalue weighted by Crippen LogP contribution is -2.34. The highest BCUT2D eigenvalue weighted by Crippen LogP contribution is 2.29.